The first-order chi connectivity index (χ1) is 9.61. The summed E-state index contributed by atoms with van der Waals surface area (Å²) in [6.07, 6.45) is 8.91. The minimum absolute atomic E-state index is 0.0530. The van der Waals surface area contributed by atoms with Gasteiger partial charge in [0.25, 0.3) is 0 Å². The summed E-state index contributed by atoms with van der Waals surface area (Å²) < 4.78 is 0. The van der Waals surface area contributed by atoms with E-state index < -0.39 is 12.0 Å². The molecular weight excluding hydrogens is 256 g/mol. The summed E-state index contributed by atoms with van der Waals surface area (Å²) in [4.78, 5) is 27.1. The molecule has 2 aliphatic heterocycles. The number of carbonyl (C=O) groups is 2. The van der Waals surface area contributed by atoms with Crippen molar-refractivity contribution in [3.05, 3.63) is 0 Å². The van der Waals surface area contributed by atoms with Crippen molar-refractivity contribution in [3.63, 3.8) is 0 Å². The topological polar surface area (TPSA) is 60.9 Å². The van der Waals surface area contributed by atoms with Crippen LogP contribution in [0.4, 0.5) is 4.79 Å². The van der Waals surface area contributed by atoms with Gasteiger partial charge in [0.05, 0.1) is 0 Å². The normalized spacial score (nSPS) is 29.1. The molecule has 3 fully saturated rings. The van der Waals surface area contributed by atoms with Crippen molar-refractivity contribution in [2.75, 3.05) is 19.6 Å². The molecule has 0 aromatic heterocycles. The fourth-order valence-corrected chi connectivity index (χ4v) is 4.23. The molecule has 2 amide bonds. The van der Waals surface area contributed by atoms with Crippen LogP contribution in [-0.2, 0) is 4.79 Å². The third-order valence-electron chi connectivity index (χ3n) is 5.54. The lowest BCUT2D eigenvalue weighted by atomic mass is 9.77. The van der Waals surface area contributed by atoms with E-state index in [-0.39, 0.29) is 6.03 Å². The van der Waals surface area contributed by atoms with E-state index in [1.165, 1.54) is 25.7 Å². The van der Waals surface area contributed by atoms with Gasteiger partial charge in [0.1, 0.15) is 6.04 Å². The summed E-state index contributed by atoms with van der Waals surface area (Å²) in [5.41, 5.74) is 0.494. The molecule has 0 aromatic rings. The number of hydrogen-bond donors (Lipinski definition) is 1. The van der Waals surface area contributed by atoms with Crippen LogP contribution in [0.2, 0.25) is 0 Å². The molecule has 3 aliphatic rings. The monoisotopic (exact) mass is 280 g/mol. The number of hydrogen-bond acceptors (Lipinski definition) is 2. The minimum atomic E-state index is -0.861. The highest BCUT2D eigenvalue weighted by atomic mass is 16.4. The predicted octanol–water partition coefficient (Wildman–Crippen LogP) is 2.31. The number of nitrogens with zero attached hydrogens (tertiary/aromatic N) is 2. The zero-order chi connectivity index (χ0) is 14.2. The third-order valence-corrected chi connectivity index (χ3v) is 5.54. The summed E-state index contributed by atoms with van der Waals surface area (Å²) in [6.45, 7) is 2.21. The van der Waals surface area contributed by atoms with Crippen molar-refractivity contribution >= 4 is 12.0 Å². The van der Waals surface area contributed by atoms with Gasteiger partial charge in [0.2, 0.25) is 0 Å². The van der Waals surface area contributed by atoms with E-state index in [2.05, 4.69) is 0 Å². The van der Waals surface area contributed by atoms with Gasteiger partial charge in [-0.25, -0.2) is 9.59 Å². The highest BCUT2D eigenvalue weighted by Crippen LogP contribution is 2.46. The number of likely N-dealkylation sites (tertiary alicyclic amines) is 2. The first kappa shape index (κ1) is 13.7. The molecule has 20 heavy (non-hydrogen) atoms. The number of carboxylic acid groups (broad SMARTS) is 1. The van der Waals surface area contributed by atoms with Gasteiger partial charge in [-0.15, -0.1) is 0 Å². The Hall–Kier alpha value is -1.26. The number of carbonyl (C=O) groups excluding carboxylic acids is 1. The number of piperidine rings is 1. The van der Waals surface area contributed by atoms with E-state index >= 15 is 0 Å². The summed E-state index contributed by atoms with van der Waals surface area (Å²) in [7, 11) is 0. The average Bonchev–Trinajstić information content (AvgIpc) is 3.08. The number of aliphatic carboxylic acids is 1. The quantitative estimate of drug-likeness (QED) is 0.801. The fourth-order valence-electron chi connectivity index (χ4n) is 4.23. The van der Waals surface area contributed by atoms with Crippen LogP contribution < -0.4 is 0 Å². The van der Waals surface area contributed by atoms with Crippen molar-refractivity contribution in [3.8, 4) is 0 Å². The largest absolute Gasteiger partial charge is 0.480 e. The summed E-state index contributed by atoms with van der Waals surface area (Å²) in [6, 6.07) is -0.660. The van der Waals surface area contributed by atoms with E-state index in [1.807, 2.05) is 4.90 Å². The Balaban J connectivity index is 1.60. The van der Waals surface area contributed by atoms with Gasteiger partial charge in [-0.2, -0.15) is 0 Å². The van der Waals surface area contributed by atoms with Gasteiger partial charge in [-0.05, 0) is 43.9 Å². The molecule has 5 heteroatoms. The number of carboxylic acids is 1. The number of urea groups is 1. The number of rotatable bonds is 1. The van der Waals surface area contributed by atoms with Crippen LogP contribution in [0, 0.1) is 5.41 Å². The van der Waals surface area contributed by atoms with Crippen molar-refractivity contribution in [2.24, 2.45) is 5.41 Å². The van der Waals surface area contributed by atoms with Gasteiger partial charge in [-0.1, -0.05) is 12.8 Å². The molecule has 1 aliphatic carbocycles. The van der Waals surface area contributed by atoms with Crippen LogP contribution in [0.25, 0.3) is 0 Å². The molecule has 1 spiro atoms. The lowest BCUT2D eigenvalue weighted by Gasteiger charge is -2.41. The highest BCUT2D eigenvalue weighted by Gasteiger charge is 2.41. The predicted molar refractivity (Wildman–Crippen MR) is 74.5 cm³/mol. The Bertz CT molecular complexity index is 394. The molecule has 5 nitrogen and oxygen atoms in total. The van der Waals surface area contributed by atoms with E-state index in [4.69, 9.17) is 0 Å². The number of amides is 2. The summed E-state index contributed by atoms with van der Waals surface area (Å²) in [5.74, 6) is -0.861. The maximum absolute atomic E-state index is 12.5. The van der Waals surface area contributed by atoms with Crippen LogP contribution in [-0.4, -0.2) is 52.6 Å². The Kier molecular flexibility index (Phi) is 3.61. The van der Waals surface area contributed by atoms with Gasteiger partial charge >= 0.3 is 12.0 Å². The standard InChI is InChI=1S/C15H24N2O3/c18-13(19)12-4-3-9-17(12)14(20)16-10-7-15(8-11-16)5-1-2-6-15/h12H,1-11H2,(H,18,19)/t12-/m1/s1. The molecule has 0 unspecified atom stereocenters. The first-order valence-electron chi connectivity index (χ1n) is 7.90. The van der Waals surface area contributed by atoms with Gasteiger partial charge in [0, 0.05) is 19.6 Å². The van der Waals surface area contributed by atoms with Gasteiger partial charge in [-0.3, -0.25) is 0 Å². The molecule has 0 radical (unpaired) electrons. The molecule has 2 saturated heterocycles. The Morgan fingerprint density at radius 1 is 0.950 bits per heavy atom. The minimum Gasteiger partial charge on any atom is -0.480 e. The van der Waals surface area contributed by atoms with E-state index in [1.54, 1.807) is 4.90 Å². The molecule has 3 rings (SSSR count). The SMILES string of the molecule is O=C(O)[C@H]1CCCN1C(=O)N1CCC2(CCCC2)CC1. The molecule has 2 heterocycles. The Morgan fingerprint density at radius 3 is 2.20 bits per heavy atom. The molecule has 0 aromatic carbocycles. The zero-order valence-electron chi connectivity index (χ0n) is 12.0. The Morgan fingerprint density at radius 2 is 1.60 bits per heavy atom. The van der Waals surface area contributed by atoms with Crippen LogP contribution in [0.5, 0.6) is 0 Å². The highest BCUT2D eigenvalue weighted by molar-refractivity contribution is 5.83. The molecule has 0 bridgehead atoms. The summed E-state index contributed by atoms with van der Waals surface area (Å²) in [5, 5.41) is 9.19. The molecular formula is C15H24N2O3. The molecule has 1 N–H and O–H groups in total. The lowest BCUT2D eigenvalue weighted by molar-refractivity contribution is -0.141. The average molecular weight is 280 g/mol. The maximum Gasteiger partial charge on any atom is 0.326 e. The smallest absolute Gasteiger partial charge is 0.326 e. The van der Waals surface area contributed by atoms with Crippen molar-refractivity contribution in [1.29, 1.82) is 0 Å². The van der Waals surface area contributed by atoms with Crippen LogP contribution in [0.1, 0.15) is 51.4 Å². The van der Waals surface area contributed by atoms with Crippen LogP contribution in [0.15, 0.2) is 0 Å². The summed E-state index contributed by atoms with van der Waals surface area (Å²) >= 11 is 0. The molecule has 1 atom stereocenters. The van der Waals surface area contributed by atoms with Gasteiger partial charge in [0.15, 0.2) is 0 Å². The van der Waals surface area contributed by atoms with Crippen molar-refractivity contribution < 1.29 is 14.7 Å². The second kappa shape index (κ2) is 5.26. The van der Waals surface area contributed by atoms with E-state index in [0.29, 0.717) is 18.4 Å². The van der Waals surface area contributed by atoms with Crippen molar-refractivity contribution in [1.82, 2.24) is 9.80 Å². The van der Waals surface area contributed by atoms with E-state index in [9.17, 15) is 14.7 Å². The fraction of sp³-hybridized carbons (Fsp3) is 0.867. The first-order valence-corrected chi connectivity index (χ1v) is 7.90. The van der Waals surface area contributed by atoms with Crippen LogP contribution in [0.3, 0.4) is 0 Å². The zero-order valence-corrected chi connectivity index (χ0v) is 12.0. The van der Waals surface area contributed by atoms with E-state index in [0.717, 1.165) is 32.4 Å². The van der Waals surface area contributed by atoms with Crippen LogP contribution >= 0.6 is 0 Å². The second-order valence-electron chi connectivity index (χ2n) is 6.67. The lowest BCUT2D eigenvalue weighted by Crippen LogP contribution is -2.51. The second-order valence-corrected chi connectivity index (χ2v) is 6.67. The maximum atomic E-state index is 12.5. The molecule has 112 valence electrons. The third kappa shape index (κ3) is 2.38. The molecule has 1 saturated carbocycles. The Labute approximate surface area is 119 Å². The van der Waals surface area contributed by atoms with Gasteiger partial charge < -0.3 is 14.9 Å². The van der Waals surface area contributed by atoms with Crippen molar-refractivity contribution in [2.45, 2.75) is 57.4 Å².